The molecule has 0 aliphatic heterocycles. The van der Waals surface area contributed by atoms with Gasteiger partial charge in [-0.25, -0.2) is 4.98 Å². The average Bonchev–Trinajstić information content (AvgIpc) is 3.08. The molecule has 1 aliphatic carbocycles. The molecule has 0 fully saturated rings. The van der Waals surface area contributed by atoms with Crippen molar-refractivity contribution in [1.29, 1.82) is 0 Å². The molecular weight excluding hydrogens is 314 g/mol. The summed E-state index contributed by atoms with van der Waals surface area (Å²) in [5.41, 5.74) is 3.21. The fourth-order valence-electron chi connectivity index (χ4n) is 3.26. The van der Waals surface area contributed by atoms with E-state index in [-0.39, 0.29) is 5.91 Å². The van der Waals surface area contributed by atoms with Crippen molar-refractivity contribution in [3.63, 3.8) is 0 Å². The van der Waals surface area contributed by atoms with Gasteiger partial charge in [-0.1, -0.05) is 18.2 Å². The van der Waals surface area contributed by atoms with E-state index in [1.54, 1.807) is 19.2 Å². The molecule has 0 spiro atoms. The van der Waals surface area contributed by atoms with Crippen LogP contribution in [0, 0.1) is 5.92 Å². The Balaban J connectivity index is 1.53. The molecule has 2 aromatic rings. The van der Waals surface area contributed by atoms with E-state index in [0.717, 1.165) is 32.4 Å². The van der Waals surface area contributed by atoms with Crippen LogP contribution < -0.4 is 10.6 Å². The summed E-state index contributed by atoms with van der Waals surface area (Å²) in [5, 5.41) is 6.11. The molecule has 25 heavy (non-hydrogen) atoms. The highest BCUT2D eigenvalue weighted by molar-refractivity contribution is 6.05. The fourth-order valence-corrected chi connectivity index (χ4v) is 3.26. The van der Waals surface area contributed by atoms with Crippen molar-refractivity contribution in [3.05, 3.63) is 53.6 Å². The van der Waals surface area contributed by atoms with Gasteiger partial charge in [-0.2, -0.15) is 0 Å². The number of aliphatic imine (C=N–C) groups is 1. The number of imidazole rings is 1. The van der Waals surface area contributed by atoms with Crippen LogP contribution in [-0.4, -0.2) is 35.0 Å². The molecule has 1 aromatic carbocycles. The van der Waals surface area contributed by atoms with Crippen molar-refractivity contribution >= 4 is 11.9 Å². The van der Waals surface area contributed by atoms with E-state index in [1.165, 1.54) is 11.4 Å². The van der Waals surface area contributed by atoms with Crippen molar-refractivity contribution in [2.24, 2.45) is 10.9 Å². The second-order valence-corrected chi connectivity index (χ2v) is 6.31. The summed E-state index contributed by atoms with van der Waals surface area (Å²) in [7, 11) is 1.68. The highest BCUT2D eigenvalue weighted by atomic mass is 16.1. The molecule has 2 N–H and O–H groups in total. The van der Waals surface area contributed by atoms with E-state index in [0.29, 0.717) is 17.4 Å². The zero-order valence-corrected chi connectivity index (χ0v) is 14.8. The van der Waals surface area contributed by atoms with E-state index in [2.05, 4.69) is 32.1 Å². The molecule has 0 bridgehead atoms. The molecule has 0 radical (unpaired) electrons. The van der Waals surface area contributed by atoms with Crippen molar-refractivity contribution in [3.8, 4) is 0 Å². The highest BCUT2D eigenvalue weighted by Crippen LogP contribution is 2.24. The molecular formula is C19H25N5O. The molecule has 3 rings (SSSR count). The van der Waals surface area contributed by atoms with Gasteiger partial charge in [0.2, 0.25) is 0 Å². The van der Waals surface area contributed by atoms with Crippen LogP contribution in [0.2, 0.25) is 0 Å². The number of carbonyl (C=O) groups is 1. The van der Waals surface area contributed by atoms with Gasteiger partial charge in [-0.15, -0.1) is 0 Å². The lowest BCUT2D eigenvalue weighted by Crippen LogP contribution is -2.43. The number of hydrogen-bond donors (Lipinski definition) is 2. The summed E-state index contributed by atoms with van der Waals surface area (Å²) < 4.78 is 2.23. The van der Waals surface area contributed by atoms with Crippen molar-refractivity contribution in [2.75, 3.05) is 13.6 Å². The van der Waals surface area contributed by atoms with Gasteiger partial charge in [0.1, 0.15) is 0 Å². The normalized spacial score (nSPS) is 17.0. The first-order chi connectivity index (χ1) is 12.2. The molecule has 1 aliphatic rings. The summed E-state index contributed by atoms with van der Waals surface area (Å²) in [6.45, 7) is 3.90. The topological polar surface area (TPSA) is 71.3 Å². The molecule has 1 heterocycles. The number of benzene rings is 1. The number of aromatic nitrogens is 2. The van der Waals surface area contributed by atoms with E-state index in [1.807, 2.05) is 24.5 Å². The number of carbonyl (C=O) groups excluding carboxylic acids is 1. The predicted octanol–water partition coefficient (Wildman–Crippen LogP) is 2.01. The Morgan fingerprint density at radius 2 is 2.16 bits per heavy atom. The maximum atomic E-state index is 12.2. The molecule has 0 saturated heterocycles. The second kappa shape index (κ2) is 7.96. The van der Waals surface area contributed by atoms with Gasteiger partial charge in [0.15, 0.2) is 5.96 Å². The van der Waals surface area contributed by atoms with Crippen LogP contribution in [0.3, 0.4) is 0 Å². The predicted molar refractivity (Wildman–Crippen MR) is 98.7 cm³/mol. The molecule has 6 heteroatoms. The van der Waals surface area contributed by atoms with Gasteiger partial charge < -0.3 is 9.88 Å². The summed E-state index contributed by atoms with van der Waals surface area (Å²) in [5.74, 6) is 0.859. The minimum atomic E-state index is -0.152. The minimum absolute atomic E-state index is 0.152. The number of aryl methyl sites for hydroxylation is 1. The van der Waals surface area contributed by atoms with E-state index >= 15 is 0 Å². The molecule has 132 valence electrons. The molecule has 6 nitrogen and oxygen atoms in total. The molecule has 1 unspecified atom stereocenters. The number of nitrogens with zero attached hydrogens (tertiary/aromatic N) is 3. The van der Waals surface area contributed by atoms with E-state index < -0.39 is 0 Å². The third-order valence-electron chi connectivity index (χ3n) is 4.69. The van der Waals surface area contributed by atoms with Crippen LogP contribution in [0.4, 0.5) is 0 Å². The van der Waals surface area contributed by atoms with Crippen LogP contribution in [0.15, 0.2) is 41.7 Å². The van der Waals surface area contributed by atoms with Gasteiger partial charge in [-0.3, -0.25) is 15.1 Å². The van der Waals surface area contributed by atoms with Crippen LogP contribution in [0.5, 0.6) is 0 Å². The Kier molecular flexibility index (Phi) is 5.48. The largest absolute Gasteiger partial charge is 0.356 e. The summed E-state index contributed by atoms with van der Waals surface area (Å²) in [4.78, 5) is 20.9. The van der Waals surface area contributed by atoms with Crippen molar-refractivity contribution in [2.45, 2.75) is 32.7 Å². The van der Waals surface area contributed by atoms with Gasteiger partial charge >= 0.3 is 0 Å². The van der Waals surface area contributed by atoms with E-state index in [4.69, 9.17) is 0 Å². The lowest BCUT2D eigenvalue weighted by molar-refractivity contribution is 0.0975. The van der Waals surface area contributed by atoms with Crippen LogP contribution in [-0.2, 0) is 19.4 Å². The zero-order chi connectivity index (χ0) is 17.6. The second-order valence-electron chi connectivity index (χ2n) is 6.31. The zero-order valence-electron chi connectivity index (χ0n) is 14.8. The first-order valence-electron chi connectivity index (χ1n) is 8.81. The van der Waals surface area contributed by atoms with Gasteiger partial charge in [-0.05, 0) is 44.2 Å². The molecule has 1 atom stereocenters. The fraction of sp³-hybridized carbons (Fsp3) is 0.421. The Hall–Kier alpha value is -2.63. The van der Waals surface area contributed by atoms with Crippen molar-refractivity contribution < 1.29 is 4.79 Å². The lowest BCUT2D eigenvalue weighted by Gasteiger charge is -2.23. The maximum Gasteiger partial charge on any atom is 0.257 e. The first-order valence-corrected chi connectivity index (χ1v) is 8.81. The Bertz CT molecular complexity index is 750. The highest BCUT2D eigenvalue weighted by Gasteiger charge is 2.22. The molecule has 1 aromatic heterocycles. The Morgan fingerprint density at radius 3 is 2.88 bits per heavy atom. The minimum Gasteiger partial charge on any atom is -0.356 e. The quantitative estimate of drug-likeness (QED) is 0.661. The van der Waals surface area contributed by atoms with Crippen LogP contribution in [0.1, 0.15) is 35.1 Å². The summed E-state index contributed by atoms with van der Waals surface area (Å²) in [6.07, 6.45) is 5.10. The summed E-state index contributed by atoms with van der Waals surface area (Å²) in [6, 6.07) is 9.16. The lowest BCUT2D eigenvalue weighted by atomic mass is 9.89. The third-order valence-corrected chi connectivity index (χ3v) is 4.69. The molecule has 0 saturated carbocycles. The molecule has 1 amide bonds. The van der Waals surface area contributed by atoms with Crippen molar-refractivity contribution in [1.82, 2.24) is 20.2 Å². The number of fused-ring (bicyclic) bond motifs is 1. The number of hydrogen-bond acceptors (Lipinski definition) is 3. The summed E-state index contributed by atoms with van der Waals surface area (Å²) >= 11 is 0. The van der Waals surface area contributed by atoms with Gasteiger partial charge in [0, 0.05) is 31.4 Å². The maximum absolute atomic E-state index is 12.2. The van der Waals surface area contributed by atoms with Gasteiger partial charge in [0.05, 0.1) is 12.0 Å². The monoisotopic (exact) mass is 339 g/mol. The standard InChI is InChI=1S/C19H25N5O/c1-3-24-13-22-16-11-14(9-10-17(16)24)12-21-19(20-2)23-18(25)15-7-5-4-6-8-15/h4-8,13-14H,3,9-12H2,1-2H3,(H2,20,21,23,25). The first kappa shape index (κ1) is 17.2. The van der Waals surface area contributed by atoms with Crippen LogP contribution in [0.25, 0.3) is 0 Å². The smallest absolute Gasteiger partial charge is 0.257 e. The number of guanidine groups is 1. The van der Waals surface area contributed by atoms with E-state index in [9.17, 15) is 4.79 Å². The number of rotatable bonds is 4. The average molecular weight is 339 g/mol. The van der Waals surface area contributed by atoms with Gasteiger partial charge in [0.25, 0.3) is 5.91 Å². The Labute approximate surface area is 148 Å². The number of nitrogens with one attached hydrogen (secondary N) is 2. The third kappa shape index (κ3) is 4.07. The SMILES string of the molecule is CCn1cnc2c1CCC(CNC(=NC)NC(=O)c1ccccc1)C2. The van der Waals surface area contributed by atoms with Crippen LogP contribution >= 0.6 is 0 Å². The number of amides is 1. The Morgan fingerprint density at radius 1 is 1.36 bits per heavy atom.